The quantitative estimate of drug-likeness (QED) is 0.186. The summed E-state index contributed by atoms with van der Waals surface area (Å²) in [5.74, 6) is 0.957. The van der Waals surface area contributed by atoms with E-state index in [-0.39, 0.29) is 24.0 Å². The summed E-state index contributed by atoms with van der Waals surface area (Å²) in [6, 6.07) is 18.8. The summed E-state index contributed by atoms with van der Waals surface area (Å²) >= 11 is 0. The van der Waals surface area contributed by atoms with Gasteiger partial charge in [-0.2, -0.15) is 0 Å². The summed E-state index contributed by atoms with van der Waals surface area (Å²) in [5.41, 5.74) is 3.61. The third-order valence-corrected chi connectivity index (χ3v) is 5.65. The van der Waals surface area contributed by atoms with Gasteiger partial charge in [0.2, 0.25) is 0 Å². The fourth-order valence-corrected chi connectivity index (χ4v) is 3.82. The van der Waals surface area contributed by atoms with Crippen LogP contribution in [0.15, 0.2) is 59.6 Å². The van der Waals surface area contributed by atoms with Crippen LogP contribution >= 0.6 is 24.0 Å². The Hall–Kier alpha value is -1.68. The van der Waals surface area contributed by atoms with Crippen molar-refractivity contribution in [3.8, 4) is 0 Å². The molecular weight excluding hydrogens is 529 g/mol. The molecule has 3 rings (SSSR count). The first-order valence-electron chi connectivity index (χ1n) is 11.5. The number of hydrogen-bond acceptors (Lipinski definition) is 4. The number of ether oxygens (including phenoxy) is 3. The summed E-state index contributed by atoms with van der Waals surface area (Å²) < 4.78 is 16.9. The maximum Gasteiger partial charge on any atom is 0.193 e. The fourth-order valence-electron chi connectivity index (χ4n) is 3.82. The lowest BCUT2D eigenvalue weighted by atomic mass is 10.1. The molecule has 1 fully saturated rings. The molecule has 0 amide bonds. The number of nitrogens with zero attached hydrogens (tertiary/aromatic N) is 2. The molecule has 7 heteroatoms. The van der Waals surface area contributed by atoms with Crippen molar-refractivity contribution in [3.63, 3.8) is 0 Å². The SMILES string of the molecule is CN=C(NCc1ccc(COCc2ccccc2)cc1)N1CCC(OCCCOC)CC1.I. The molecule has 0 saturated carbocycles. The van der Waals surface area contributed by atoms with Crippen molar-refractivity contribution in [1.82, 2.24) is 10.2 Å². The Balaban J connectivity index is 0.00000385. The molecule has 1 heterocycles. The van der Waals surface area contributed by atoms with Gasteiger partial charge in [0.1, 0.15) is 0 Å². The predicted octanol–water partition coefficient (Wildman–Crippen LogP) is 4.61. The van der Waals surface area contributed by atoms with Crippen molar-refractivity contribution < 1.29 is 14.2 Å². The molecule has 2 aromatic carbocycles. The van der Waals surface area contributed by atoms with Crippen molar-refractivity contribution in [2.24, 2.45) is 4.99 Å². The van der Waals surface area contributed by atoms with E-state index < -0.39 is 0 Å². The van der Waals surface area contributed by atoms with Crippen LogP contribution in [0.1, 0.15) is 36.0 Å². The molecule has 33 heavy (non-hydrogen) atoms. The van der Waals surface area contributed by atoms with Crippen molar-refractivity contribution in [3.05, 3.63) is 71.3 Å². The second-order valence-corrected chi connectivity index (χ2v) is 8.10. The van der Waals surface area contributed by atoms with Crippen LogP contribution in [0, 0.1) is 0 Å². The minimum absolute atomic E-state index is 0. The highest BCUT2D eigenvalue weighted by molar-refractivity contribution is 14.0. The van der Waals surface area contributed by atoms with E-state index in [2.05, 4.69) is 51.6 Å². The Morgan fingerprint density at radius 2 is 1.58 bits per heavy atom. The van der Waals surface area contributed by atoms with Crippen molar-refractivity contribution in [2.75, 3.05) is 40.5 Å². The van der Waals surface area contributed by atoms with Gasteiger partial charge in [0.25, 0.3) is 0 Å². The Morgan fingerprint density at radius 1 is 0.939 bits per heavy atom. The van der Waals surface area contributed by atoms with Crippen LogP contribution in [-0.4, -0.2) is 57.4 Å². The van der Waals surface area contributed by atoms with Gasteiger partial charge >= 0.3 is 0 Å². The highest BCUT2D eigenvalue weighted by atomic mass is 127. The van der Waals surface area contributed by atoms with E-state index in [1.807, 2.05) is 25.2 Å². The normalized spacial score (nSPS) is 14.7. The Labute approximate surface area is 215 Å². The summed E-state index contributed by atoms with van der Waals surface area (Å²) in [6.07, 6.45) is 3.37. The average molecular weight is 568 g/mol. The molecule has 0 bridgehead atoms. The number of halogens is 1. The number of nitrogens with one attached hydrogen (secondary N) is 1. The summed E-state index contributed by atoms with van der Waals surface area (Å²) in [6.45, 7) is 5.47. The molecule has 2 aromatic rings. The first kappa shape index (κ1) is 27.6. The highest BCUT2D eigenvalue weighted by Gasteiger charge is 2.21. The van der Waals surface area contributed by atoms with Crippen LogP contribution in [0.4, 0.5) is 0 Å². The third kappa shape index (κ3) is 10.00. The summed E-state index contributed by atoms with van der Waals surface area (Å²) in [5, 5.41) is 3.50. The van der Waals surface area contributed by atoms with E-state index in [0.29, 0.717) is 19.3 Å². The zero-order valence-electron chi connectivity index (χ0n) is 19.9. The topological polar surface area (TPSA) is 55.3 Å². The van der Waals surface area contributed by atoms with Gasteiger partial charge in [-0.1, -0.05) is 54.6 Å². The molecule has 6 nitrogen and oxygen atoms in total. The standard InChI is InChI=1S/C26H37N3O3.HI/c1-27-26(29-15-13-25(14-16-29)32-18-6-17-30-2)28-19-22-9-11-24(12-10-22)21-31-20-23-7-4-3-5-8-23;/h3-5,7-12,25H,6,13-21H2,1-2H3,(H,27,28);1H. The Kier molecular flexibility index (Phi) is 13.4. The molecular formula is C26H38IN3O3. The lowest BCUT2D eigenvalue weighted by Crippen LogP contribution is -2.46. The van der Waals surface area contributed by atoms with E-state index in [4.69, 9.17) is 14.2 Å². The number of hydrogen-bond donors (Lipinski definition) is 1. The second kappa shape index (κ2) is 16.0. The zero-order chi connectivity index (χ0) is 22.4. The number of benzene rings is 2. The van der Waals surface area contributed by atoms with Crippen LogP contribution in [-0.2, 0) is 34.0 Å². The first-order valence-corrected chi connectivity index (χ1v) is 11.5. The van der Waals surface area contributed by atoms with Gasteiger partial charge in [0.15, 0.2) is 5.96 Å². The largest absolute Gasteiger partial charge is 0.385 e. The van der Waals surface area contributed by atoms with Crippen LogP contribution in [0.25, 0.3) is 0 Å². The molecule has 0 aliphatic carbocycles. The van der Waals surface area contributed by atoms with Crippen LogP contribution in [0.2, 0.25) is 0 Å². The lowest BCUT2D eigenvalue weighted by Gasteiger charge is -2.34. The number of aliphatic imine (C=N–C) groups is 1. The maximum absolute atomic E-state index is 5.96. The molecule has 0 spiro atoms. The van der Waals surface area contributed by atoms with Crippen molar-refractivity contribution in [2.45, 2.75) is 45.1 Å². The molecule has 0 aromatic heterocycles. The Bertz CT molecular complexity index is 794. The molecule has 1 saturated heterocycles. The van der Waals surface area contributed by atoms with Crippen LogP contribution in [0.3, 0.4) is 0 Å². The molecule has 0 atom stereocenters. The van der Waals surface area contributed by atoms with Gasteiger partial charge in [0.05, 0.1) is 19.3 Å². The van der Waals surface area contributed by atoms with E-state index in [1.54, 1.807) is 7.11 Å². The van der Waals surface area contributed by atoms with E-state index >= 15 is 0 Å². The number of rotatable bonds is 11. The minimum Gasteiger partial charge on any atom is -0.385 e. The maximum atomic E-state index is 5.96. The minimum atomic E-state index is 0. The first-order chi connectivity index (χ1) is 15.8. The number of methoxy groups -OCH3 is 1. The van der Waals surface area contributed by atoms with Gasteiger partial charge in [-0.15, -0.1) is 24.0 Å². The van der Waals surface area contributed by atoms with Gasteiger partial charge in [-0.05, 0) is 36.0 Å². The molecule has 0 radical (unpaired) electrons. The summed E-state index contributed by atoms with van der Waals surface area (Å²) in [7, 11) is 3.58. The molecule has 182 valence electrons. The van der Waals surface area contributed by atoms with Crippen molar-refractivity contribution in [1.29, 1.82) is 0 Å². The van der Waals surface area contributed by atoms with Gasteiger partial charge < -0.3 is 24.4 Å². The number of guanidine groups is 1. The van der Waals surface area contributed by atoms with Crippen LogP contribution < -0.4 is 5.32 Å². The molecule has 0 unspecified atom stereocenters. The predicted molar refractivity (Wildman–Crippen MR) is 144 cm³/mol. The average Bonchev–Trinajstić information content (AvgIpc) is 2.85. The molecule has 1 N–H and O–H groups in total. The molecule has 1 aliphatic heterocycles. The molecule has 1 aliphatic rings. The number of piperidine rings is 1. The van der Waals surface area contributed by atoms with Gasteiger partial charge in [0, 0.05) is 47.0 Å². The fraction of sp³-hybridized carbons (Fsp3) is 0.500. The van der Waals surface area contributed by atoms with Gasteiger partial charge in [-0.25, -0.2) is 0 Å². The van der Waals surface area contributed by atoms with Gasteiger partial charge in [-0.3, -0.25) is 4.99 Å². The van der Waals surface area contributed by atoms with Crippen molar-refractivity contribution >= 4 is 29.9 Å². The lowest BCUT2D eigenvalue weighted by molar-refractivity contribution is 0.00989. The Morgan fingerprint density at radius 3 is 2.21 bits per heavy atom. The smallest absolute Gasteiger partial charge is 0.193 e. The van der Waals surface area contributed by atoms with E-state index in [1.165, 1.54) is 16.7 Å². The third-order valence-electron chi connectivity index (χ3n) is 5.65. The zero-order valence-corrected chi connectivity index (χ0v) is 22.2. The monoisotopic (exact) mass is 567 g/mol. The summed E-state index contributed by atoms with van der Waals surface area (Å²) in [4.78, 5) is 6.80. The second-order valence-electron chi connectivity index (χ2n) is 8.10. The van der Waals surface area contributed by atoms with Crippen LogP contribution in [0.5, 0.6) is 0 Å². The van der Waals surface area contributed by atoms with E-state index in [9.17, 15) is 0 Å². The van der Waals surface area contributed by atoms with E-state index in [0.717, 1.165) is 58.1 Å². The number of likely N-dealkylation sites (tertiary alicyclic amines) is 1. The highest BCUT2D eigenvalue weighted by Crippen LogP contribution is 2.15.